The van der Waals surface area contributed by atoms with Crippen molar-refractivity contribution < 1.29 is 5.11 Å². The highest BCUT2D eigenvalue weighted by Gasteiger charge is 2.31. The standard InChI is InChI=1S/C22H25ClN4O.ClH/c1-14-5-8-18(9-6-14)27-22(16-7-10-20(28)19(24)13-16)25-21(26-27)12-15-3-2-4-17(23)11-15;/h2-6,8-9,11,16,19-20,28H,7,10,12-13,24H2,1H3;1H/t16-,19+,20+;/m0./s1. The molecule has 0 radical (unpaired) electrons. The van der Waals surface area contributed by atoms with E-state index in [2.05, 4.69) is 31.2 Å². The summed E-state index contributed by atoms with van der Waals surface area (Å²) < 4.78 is 1.94. The van der Waals surface area contributed by atoms with Crippen LogP contribution in [0.3, 0.4) is 0 Å². The van der Waals surface area contributed by atoms with Crippen LogP contribution in [0.2, 0.25) is 5.02 Å². The molecule has 2 aromatic carbocycles. The zero-order valence-electron chi connectivity index (χ0n) is 16.3. The summed E-state index contributed by atoms with van der Waals surface area (Å²) in [6, 6.07) is 15.8. The molecule has 0 saturated heterocycles. The first-order valence-corrected chi connectivity index (χ1v) is 10.1. The third-order valence-electron chi connectivity index (χ3n) is 5.43. The van der Waals surface area contributed by atoms with Gasteiger partial charge in [-0.3, -0.25) is 0 Å². The Morgan fingerprint density at radius 2 is 1.93 bits per heavy atom. The summed E-state index contributed by atoms with van der Waals surface area (Å²) in [4.78, 5) is 4.89. The maximum atomic E-state index is 10.0. The van der Waals surface area contributed by atoms with Gasteiger partial charge in [-0.15, -0.1) is 12.4 Å². The molecule has 1 aromatic heterocycles. The molecule has 0 aliphatic heterocycles. The summed E-state index contributed by atoms with van der Waals surface area (Å²) in [5.74, 6) is 1.86. The van der Waals surface area contributed by atoms with E-state index in [9.17, 15) is 5.11 Å². The Bertz CT molecular complexity index is 958. The Kier molecular flexibility index (Phi) is 6.96. The van der Waals surface area contributed by atoms with Crippen molar-refractivity contribution in [3.05, 3.63) is 76.3 Å². The number of aliphatic hydroxyl groups excluding tert-OH is 1. The second kappa shape index (κ2) is 9.26. The van der Waals surface area contributed by atoms with E-state index in [1.165, 1.54) is 5.56 Å². The van der Waals surface area contributed by atoms with E-state index < -0.39 is 6.10 Å². The lowest BCUT2D eigenvalue weighted by atomic mass is 9.83. The van der Waals surface area contributed by atoms with Crippen LogP contribution in [0.4, 0.5) is 0 Å². The minimum absolute atomic E-state index is 0. The first-order valence-electron chi connectivity index (χ1n) is 9.70. The SMILES string of the molecule is Cc1ccc(-n2nc(Cc3cccc(Cl)c3)nc2[C@H]2CC[C@@H](O)[C@H](N)C2)cc1.Cl. The number of benzene rings is 2. The van der Waals surface area contributed by atoms with Gasteiger partial charge in [-0.05, 0) is 56.0 Å². The number of hydrogen-bond acceptors (Lipinski definition) is 4. The number of aromatic nitrogens is 3. The molecule has 5 nitrogen and oxygen atoms in total. The van der Waals surface area contributed by atoms with Crippen LogP contribution >= 0.6 is 24.0 Å². The van der Waals surface area contributed by atoms with Crippen molar-refractivity contribution in [1.82, 2.24) is 14.8 Å². The molecule has 3 atom stereocenters. The molecule has 0 bridgehead atoms. The van der Waals surface area contributed by atoms with Crippen LogP contribution in [-0.2, 0) is 6.42 Å². The van der Waals surface area contributed by atoms with Crippen LogP contribution in [0.1, 0.15) is 48.0 Å². The van der Waals surface area contributed by atoms with Crippen molar-refractivity contribution in [2.24, 2.45) is 5.73 Å². The molecule has 1 aliphatic carbocycles. The van der Waals surface area contributed by atoms with Crippen molar-refractivity contribution in [2.45, 2.75) is 50.7 Å². The van der Waals surface area contributed by atoms with Gasteiger partial charge in [0.2, 0.25) is 0 Å². The lowest BCUT2D eigenvalue weighted by molar-refractivity contribution is 0.0989. The van der Waals surface area contributed by atoms with E-state index in [-0.39, 0.29) is 24.4 Å². The fourth-order valence-electron chi connectivity index (χ4n) is 3.84. The normalized spacial score (nSPS) is 21.6. The summed E-state index contributed by atoms with van der Waals surface area (Å²) in [5, 5.41) is 15.5. The summed E-state index contributed by atoms with van der Waals surface area (Å²) in [6.45, 7) is 2.07. The van der Waals surface area contributed by atoms with E-state index in [0.717, 1.165) is 29.3 Å². The molecule has 1 aliphatic rings. The third kappa shape index (κ3) is 4.98. The molecule has 3 aromatic rings. The van der Waals surface area contributed by atoms with Crippen molar-refractivity contribution in [1.29, 1.82) is 0 Å². The molecule has 1 saturated carbocycles. The third-order valence-corrected chi connectivity index (χ3v) is 5.67. The highest BCUT2D eigenvalue weighted by molar-refractivity contribution is 6.30. The average Bonchev–Trinajstić information content (AvgIpc) is 3.08. The lowest BCUT2D eigenvalue weighted by Crippen LogP contribution is -2.40. The highest BCUT2D eigenvalue weighted by Crippen LogP contribution is 2.33. The molecule has 154 valence electrons. The van der Waals surface area contributed by atoms with Gasteiger partial charge in [0.15, 0.2) is 5.82 Å². The zero-order valence-corrected chi connectivity index (χ0v) is 17.9. The molecular weight excluding hydrogens is 407 g/mol. The quantitative estimate of drug-likeness (QED) is 0.647. The average molecular weight is 433 g/mol. The Balaban J connectivity index is 0.00000240. The minimum atomic E-state index is -0.432. The molecule has 0 unspecified atom stereocenters. The van der Waals surface area contributed by atoms with E-state index in [0.29, 0.717) is 24.3 Å². The van der Waals surface area contributed by atoms with Crippen LogP contribution in [0.25, 0.3) is 5.69 Å². The molecule has 0 amide bonds. The van der Waals surface area contributed by atoms with Gasteiger partial charge in [-0.25, -0.2) is 9.67 Å². The Morgan fingerprint density at radius 3 is 2.62 bits per heavy atom. The second-order valence-electron chi connectivity index (χ2n) is 7.68. The molecule has 4 rings (SSSR count). The molecule has 0 spiro atoms. The van der Waals surface area contributed by atoms with E-state index in [1.807, 2.05) is 28.9 Å². The Labute approximate surface area is 182 Å². The molecule has 1 fully saturated rings. The molecule has 29 heavy (non-hydrogen) atoms. The van der Waals surface area contributed by atoms with Crippen molar-refractivity contribution in [2.75, 3.05) is 0 Å². The van der Waals surface area contributed by atoms with Gasteiger partial charge in [0, 0.05) is 23.4 Å². The summed E-state index contributed by atoms with van der Waals surface area (Å²) >= 11 is 6.13. The summed E-state index contributed by atoms with van der Waals surface area (Å²) in [5.41, 5.74) is 9.41. The fourth-order valence-corrected chi connectivity index (χ4v) is 4.05. The molecule has 1 heterocycles. The zero-order chi connectivity index (χ0) is 19.7. The van der Waals surface area contributed by atoms with Crippen LogP contribution in [0.15, 0.2) is 48.5 Å². The number of rotatable bonds is 4. The smallest absolute Gasteiger partial charge is 0.155 e. The van der Waals surface area contributed by atoms with Crippen molar-refractivity contribution in [3.63, 3.8) is 0 Å². The van der Waals surface area contributed by atoms with Gasteiger partial charge in [-0.1, -0.05) is 41.4 Å². The number of aryl methyl sites for hydroxylation is 1. The minimum Gasteiger partial charge on any atom is -0.392 e. The molecule has 7 heteroatoms. The predicted molar refractivity (Wildman–Crippen MR) is 118 cm³/mol. The predicted octanol–water partition coefficient (Wildman–Crippen LogP) is 4.20. The highest BCUT2D eigenvalue weighted by atomic mass is 35.5. The van der Waals surface area contributed by atoms with Gasteiger partial charge in [0.1, 0.15) is 5.82 Å². The van der Waals surface area contributed by atoms with Gasteiger partial charge in [0.25, 0.3) is 0 Å². The summed E-state index contributed by atoms with van der Waals surface area (Å²) in [6.07, 6.45) is 2.44. The first-order chi connectivity index (χ1) is 13.5. The number of nitrogens with two attached hydrogens (primary N) is 1. The van der Waals surface area contributed by atoms with Crippen molar-refractivity contribution in [3.8, 4) is 5.69 Å². The van der Waals surface area contributed by atoms with Crippen LogP contribution in [-0.4, -0.2) is 32.0 Å². The number of aliphatic hydroxyl groups is 1. The monoisotopic (exact) mass is 432 g/mol. The second-order valence-corrected chi connectivity index (χ2v) is 8.12. The maximum Gasteiger partial charge on any atom is 0.155 e. The van der Waals surface area contributed by atoms with E-state index in [1.54, 1.807) is 0 Å². The number of nitrogens with zero attached hydrogens (tertiary/aromatic N) is 3. The topological polar surface area (TPSA) is 77.0 Å². The lowest BCUT2D eigenvalue weighted by Gasteiger charge is -2.30. The fraction of sp³-hybridized carbons (Fsp3) is 0.364. The van der Waals surface area contributed by atoms with Gasteiger partial charge < -0.3 is 10.8 Å². The first kappa shape index (κ1) is 21.8. The number of halogens is 2. The van der Waals surface area contributed by atoms with Gasteiger partial charge >= 0.3 is 0 Å². The number of hydrogen-bond donors (Lipinski definition) is 2. The summed E-state index contributed by atoms with van der Waals surface area (Å²) in [7, 11) is 0. The maximum absolute atomic E-state index is 10.0. The van der Waals surface area contributed by atoms with Gasteiger partial charge in [-0.2, -0.15) is 5.10 Å². The van der Waals surface area contributed by atoms with Crippen LogP contribution in [0, 0.1) is 6.92 Å². The Hall–Kier alpha value is -1.92. The van der Waals surface area contributed by atoms with Crippen molar-refractivity contribution >= 4 is 24.0 Å². The Morgan fingerprint density at radius 1 is 1.17 bits per heavy atom. The van der Waals surface area contributed by atoms with E-state index >= 15 is 0 Å². The van der Waals surface area contributed by atoms with Crippen LogP contribution < -0.4 is 5.73 Å². The van der Waals surface area contributed by atoms with E-state index in [4.69, 9.17) is 27.4 Å². The van der Waals surface area contributed by atoms with Crippen LogP contribution in [0.5, 0.6) is 0 Å². The largest absolute Gasteiger partial charge is 0.392 e. The molecule has 3 N–H and O–H groups in total. The van der Waals surface area contributed by atoms with Gasteiger partial charge in [0.05, 0.1) is 11.8 Å². The molecular formula is C22H26Cl2N4O.